The van der Waals surface area contributed by atoms with Crippen LogP contribution in [0.25, 0.3) is 0 Å². The van der Waals surface area contributed by atoms with Crippen LogP contribution in [0.15, 0.2) is 0 Å². The molecule has 0 aromatic carbocycles. The van der Waals surface area contributed by atoms with Crippen LogP contribution in [-0.2, 0) is 6.42 Å². The Labute approximate surface area is 105 Å². The van der Waals surface area contributed by atoms with Crippen molar-refractivity contribution in [3.05, 3.63) is 15.6 Å². The van der Waals surface area contributed by atoms with Crippen molar-refractivity contribution < 1.29 is 15.0 Å². The van der Waals surface area contributed by atoms with Crippen molar-refractivity contribution >= 4 is 17.2 Å². The van der Waals surface area contributed by atoms with Crippen LogP contribution in [0.2, 0.25) is 0 Å². The second kappa shape index (κ2) is 6.09. The van der Waals surface area contributed by atoms with E-state index in [4.69, 9.17) is 5.11 Å². The van der Waals surface area contributed by atoms with Gasteiger partial charge in [0.25, 0.3) is 5.91 Å². The first kappa shape index (κ1) is 14.1. The zero-order valence-electron chi connectivity index (χ0n) is 10.3. The number of carbonyl (C=O) groups is 1. The van der Waals surface area contributed by atoms with Crippen molar-refractivity contribution in [1.82, 2.24) is 9.88 Å². The van der Waals surface area contributed by atoms with Gasteiger partial charge in [-0.15, -0.1) is 11.3 Å². The molecule has 0 aliphatic heterocycles. The molecule has 0 aliphatic carbocycles. The molecule has 0 radical (unpaired) electrons. The Bertz CT molecular complexity index is 392. The van der Waals surface area contributed by atoms with Crippen molar-refractivity contribution in [2.24, 2.45) is 0 Å². The molecule has 0 spiro atoms. The Morgan fingerprint density at radius 3 is 2.76 bits per heavy atom. The van der Waals surface area contributed by atoms with Crippen molar-refractivity contribution in [2.75, 3.05) is 20.2 Å². The number of amides is 1. The number of likely N-dealkylation sites (N-methyl/N-ethyl adjacent to an activating group) is 1. The van der Waals surface area contributed by atoms with Gasteiger partial charge in [-0.2, -0.15) is 0 Å². The molecule has 1 rings (SSSR count). The highest BCUT2D eigenvalue weighted by atomic mass is 32.1. The highest BCUT2D eigenvalue weighted by molar-refractivity contribution is 7.13. The second-order valence-corrected chi connectivity index (χ2v) is 5.09. The number of aryl methyl sites for hydroxylation is 2. The summed E-state index contributed by atoms with van der Waals surface area (Å²) >= 11 is 1.36. The van der Waals surface area contributed by atoms with Gasteiger partial charge in [-0.25, -0.2) is 4.98 Å². The quantitative estimate of drug-likeness (QED) is 0.803. The van der Waals surface area contributed by atoms with Gasteiger partial charge in [0, 0.05) is 13.6 Å². The number of thiazole rings is 1. The number of aromatic nitrogens is 1. The first-order chi connectivity index (χ1) is 7.99. The largest absolute Gasteiger partial charge is 0.394 e. The lowest BCUT2D eigenvalue weighted by molar-refractivity contribution is 0.0522. The van der Waals surface area contributed by atoms with Crippen molar-refractivity contribution in [2.45, 2.75) is 26.4 Å². The number of rotatable bonds is 5. The van der Waals surface area contributed by atoms with Gasteiger partial charge in [-0.1, -0.05) is 6.92 Å². The molecule has 0 bridgehead atoms. The molecule has 0 saturated heterocycles. The summed E-state index contributed by atoms with van der Waals surface area (Å²) in [6, 6.07) is 0. The predicted molar refractivity (Wildman–Crippen MR) is 66.3 cm³/mol. The molecule has 0 fully saturated rings. The molecule has 5 nitrogen and oxygen atoms in total. The average Bonchev–Trinajstić information content (AvgIpc) is 2.69. The van der Waals surface area contributed by atoms with E-state index in [1.165, 1.54) is 16.2 Å². The Kier molecular flexibility index (Phi) is 5.04. The van der Waals surface area contributed by atoms with Gasteiger partial charge in [0.1, 0.15) is 4.88 Å². The minimum Gasteiger partial charge on any atom is -0.394 e. The van der Waals surface area contributed by atoms with Crippen LogP contribution in [0.5, 0.6) is 0 Å². The van der Waals surface area contributed by atoms with Gasteiger partial charge in [0.2, 0.25) is 0 Å². The zero-order valence-corrected chi connectivity index (χ0v) is 11.1. The molecular weight excluding hydrogens is 240 g/mol. The second-order valence-electron chi connectivity index (χ2n) is 3.88. The van der Waals surface area contributed by atoms with Crippen LogP contribution in [0.4, 0.5) is 0 Å². The number of aliphatic hydroxyl groups is 2. The summed E-state index contributed by atoms with van der Waals surface area (Å²) in [6.07, 6.45) is -0.190. The molecule has 0 unspecified atom stereocenters. The minimum absolute atomic E-state index is 0.120. The van der Waals surface area contributed by atoms with Gasteiger partial charge >= 0.3 is 0 Å². The Hall–Kier alpha value is -0.980. The lowest BCUT2D eigenvalue weighted by Crippen LogP contribution is -2.35. The van der Waals surface area contributed by atoms with Gasteiger partial charge in [-0.3, -0.25) is 4.79 Å². The lowest BCUT2D eigenvalue weighted by Gasteiger charge is -2.19. The highest BCUT2D eigenvalue weighted by Gasteiger charge is 2.20. The minimum atomic E-state index is -0.900. The SMILES string of the molecule is CCc1nc(C)sc1C(=O)N(C)C[C@H](O)CO. The van der Waals surface area contributed by atoms with E-state index in [0.717, 1.165) is 10.7 Å². The van der Waals surface area contributed by atoms with Crippen molar-refractivity contribution in [3.63, 3.8) is 0 Å². The summed E-state index contributed by atoms with van der Waals surface area (Å²) in [5, 5.41) is 18.9. The van der Waals surface area contributed by atoms with E-state index in [9.17, 15) is 9.90 Å². The fourth-order valence-electron chi connectivity index (χ4n) is 1.51. The summed E-state index contributed by atoms with van der Waals surface area (Å²) < 4.78 is 0. The van der Waals surface area contributed by atoms with E-state index < -0.39 is 6.10 Å². The third kappa shape index (κ3) is 3.49. The standard InChI is InChI=1S/C11H18N2O3S/c1-4-9-10(17-7(2)12-9)11(16)13(3)5-8(15)6-14/h8,14-15H,4-6H2,1-3H3/t8-/m0/s1. The van der Waals surface area contributed by atoms with Gasteiger partial charge < -0.3 is 15.1 Å². The molecule has 96 valence electrons. The molecule has 1 atom stereocenters. The maximum absolute atomic E-state index is 12.1. The Morgan fingerprint density at radius 2 is 2.24 bits per heavy atom. The molecule has 6 heteroatoms. The van der Waals surface area contributed by atoms with E-state index in [0.29, 0.717) is 11.3 Å². The van der Waals surface area contributed by atoms with Crippen LogP contribution in [0, 0.1) is 6.92 Å². The van der Waals surface area contributed by atoms with Crippen LogP contribution >= 0.6 is 11.3 Å². The van der Waals surface area contributed by atoms with E-state index in [1.807, 2.05) is 13.8 Å². The van der Waals surface area contributed by atoms with Crippen molar-refractivity contribution in [3.8, 4) is 0 Å². The Morgan fingerprint density at radius 1 is 1.59 bits per heavy atom. The third-order valence-corrected chi connectivity index (χ3v) is 3.38. The maximum Gasteiger partial charge on any atom is 0.265 e. The van der Waals surface area contributed by atoms with Crippen molar-refractivity contribution in [1.29, 1.82) is 0 Å². The molecule has 0 saturated carbocycles. The summed E-state index contributed by atoms with van der Waals surface area (Å²) in [5.41, 5.74) is 0.794. The fraction of sp³-hybridized carbons (Fsp3) is 0.636. The molecule has 17 heavy (non-hydrogen) atoms. The third-order valence-electron chi connectivity index (χ3n) is 2.38. The van der Waals surface area contributed by atoms with E-state index in [-0.39, 0.29) is 19.1 Å². The van der Waals surface area contributed by atoms with Crippen LogP contribution < -0.4 is 0 Å². The summed E-state index contributed by atoms with van der Waals surface area (Å²) in [5.74, 6) is -0.153. The summed E-state index contributed by atoms with van der Waals surface area (Å²) in [6.45, 7) is 3.59. The average molecular weight is 258 g/mol. The molecule has 1 aromatic rings. The van der Waals surface area contributed by atoms with E-state index in [1.54, 1.807) is 7.05 Å². The normalized spacial score (nSPS) is 12.5. The summed E-state index contributed by atoms with van der Waals surface area (Å²) in [4.78, 5) is 18.4. The number of hydrogen-bond acceptors (Lipinski definition) is 5. The highest BCUT2D eigenvalue weighted by Crippen LogP contribution is 2.20. The molecule has 2 N–H and O–H groups in total. The monoisotopic (exact) mass is 258 g/mol. The molecular formula is C11H18N2O3S. The fourth-order valence-corrected chi connectivity index (χ4v) is 2.51. The maximum atomic E-state index is 12.1. The number of hydrogen-bond donors (Lipinski definition) is 2. The first-order valence-electron chi connectivity index (χ1n) is 5.50. The number of carbonyl (C=O) groups excluding carboxylic acids is 1. The van der Waals surface area contributed by atoms with Gasteiger partial charge in [0.15, 0.2) is 0 Å². The van der Waals surface area contributed by atoms with E-state index >= 15 is 0 Å². The smallest absolute Gasteiger partial charge is 0.265 e. The van der Waals surface area contributed by atoms with E-state index in [2.05, 4.69) is 4.98 Å². The molecule has 0 aliphatic rings. The molecule has 1 heterocycles. The number of aliphatic hydroxyl groups excluding tert-OH is 2. The van der Waals surface area contributed by atoms with Crippen LogP contribution in [-0.4, -0.2) is 52.3 Å². The van der Waals surface area contributed by atoms with Gasteiger partial charge in [-0.05, 0) is 13.3 Å². The zero-order chi connectivity index (χ0) is 13.0. The Balaban J connectivity index is 2.81. The van der Waals surface area contributed by atoms with Gasteiger partial charge in [0.05, 0.1) is 23.4 Å². The molecule has 1 aromatic heterocycles. The summed E-state index contributed by atoms with van der Waals surface area (Å²) in [7, 11) is 1.61. The molecule has 1 amide bonds. The first-order valence-corrected chi connectivity index (χ1v) is 6.31. The predicted octanol–water partition coefficient (Wildman–Crippen LogP) is 0.439. The van der Waals surface area contributed by atoms with Crippen LogP contribution in [0.3, 0.4) is 0 Å². The number of nitrogens with zero attached hydrogens (tertiary/aromatic N) is 2. The van der Waals surface area contributed by atoms with Crippen LogP contribution in [0.1, 0.15) is 27.3 Å². The topological polar surface area (TPSA) is 73.7 Å². The lowest BCUT2D eigenvalue weighted by atomic mass is 10.2.